The molecule has 1 aliphatic heterocycles. The number of anilines is 1. The zero-order chi connectivity index (χ0) is 18.8. The molecule has 138 valence electrons. The van der Waals surface area contributed by atoms with Crippen LogP contribution in [0.5, 0.6) is 5.75 Å². The second-order valence-electron chi connectivity index (χ2n) is 5.97. The third-order valence-corrected chi connectivity index (χ3v) is 4.36. The Labute approximate surface area is 148 Å². The standard InChI is InChI=1S/C17H19N3O6/c1-19-12-3-2-10(20-4-6-26-7-5-20)8-11(12)15(23)14(17(19)25)16(24)18-9-13(21)22/h2-3,8,23H,4-7,9H2,1H3,(H,18,24)(H,21,22). The first-order chi connectivity index (χ1) is 12.4. The number of pyridine rings is 1. The molecule has 1 fully saturated rings. The minimum Gasteiger partial charge on any atom is -0.506 e. The van der Waals surface area contributed by atoms with Crippen LogP contribution in [0, 0.1) is 0 Å². The molecule has 0 bridgehead atoms. The molecule has 0 atom stereocenters. The van der Waals surface area contributed by atoms with E-state index in [1.54, 1.807) is 12.1 Å². The number of aryl methyl sites for hydroxylation is 1. The normalized spacial score (nSPS) is 14.4. The van der Waals surface area contributed by atoms with Crippen LogP contribution >= 0.6 is 0 Å². The van der Waals surface area contributed by atoms with Crippen molar-refractivity contribution in [2.45, 2.75) is 0 Å². The first kappa shape index (κ1) is 17.7. The van der Waals surface area contributed by atoms with Gasteiger partial charge in [0.2, 0.25) is 0 Å². The summed E-state index contributed by atoms with van der Waals surface area (Å²) in [6.45, 7) is 1.95. The second kappa shape index (κ2) is 7.04. The Hall–Kier alpha value is -3.07. The van der Waals surface area contributed by atoms with E-state index >= 15 is 0 Å². The number of aromatic hydroxyl groups is 1. The summed E-state index contributed by atoms with van der Waals surface area (Å²) >= 11 is 0. The number of amides is 1. The lowest BCUT2D eigenvalue weighted by Gasteiger charge is -2.29. The maximum absolute atomic E-state index is 12.4. The molecule has 1 amide bonds. The fraction of sp³-hybridized carbons (Fsp3) is 0.353. The molecule has 1 aromatic heterocycles. The summed E-state index contributed by atoms with van der Waals surface area (Å²) in [5.41, 5.74) is 0.142. The fourth-order valence-corrected chi connectivity index (χ4v) is 2.99. The number of carboxylic acids is 1. The van der Waals surface area contributed by atoms with Gasteiger partial charge in [0.05, 0.1) is 18.7 Å². The number of nitrogens with one attached hydrogen (secondary N) is 1. The molecule has 2 heterocycles. The molecule has 2 aromatic rings. The lowest BCUT2D eigenvalue weighted by molar-refractivity contribution is -0.135. The predicted octanol–water partition coefficient (Wildman–Crippen LogP) is -0.105. The van der Waals surface area contributed by atoms with Crippen molar-refractivity contribution in [1.29, 1.82) is 0 Å². The van der Waals surface area contributed by atoms with Gasteiger partial charge < -0.3 is 29.7 Å². The number of morpholine rings is 1. The number of carboxylic acid groups (broad SMARTS) is 1. The number of carbonyl (C=O) groups is 2. The van der Waals surface area contributed by atoms with Crippen LogP contribution in [0.2, 0.25) is 0 Å². The minimum absolute atomic E-state index is 0.344. The van der Waals surface area contributed by atoms with Crippen molar-refractivity contribution in [3.05, 3.63) is 34.1 Å². The van der Waals surface area contributed by atoms with Gasteiger partial charge in [-0.2, -0.15) is 0 Å². The van der Waals surface area contributed by atoms with Crippen molar-refractivity contribution < 1.29 is 24.5 Å². The van der Waals surface area contributed by atoms with Gasteiger partial charge in [0.15, 0.2) is 0 Å². The second-order valence-corrected chi connectivity index (χ2v) is 5.97. The monoisotopic (exact) mass is 361 g/mol. The smallest absolute Gasteiger partial charge is 0.322 e. The number of ether oxygens (including phenoxy) is 1. The third-order valence-electron chi connectivity index (χ3n) is 4.36. The summed E-state index contributed by atoms with van der Waals surface area (Å²) in [5.74, 6) is -2.63. The summed E-state index contributed by atoms with van der Waals surface area (Å²) in [7, 11) is 1.49. The van der Waals surface area contributed by atoms with Gasteiger partial charge in [-0.3, -0.25) is 14.4 Å². The van der Waals surface area contributed by atoms with Crippen molar-refractivity contribution in [2.24, 2.45) is 7.05 Å². The first-order valence-corrected chi connectivity index (χ1v) is 8.08. The average Bonchev–Trinajstić information content (AvgIpc) is 2.65. The molecular formula is C17H19N3O6. The Morgan fingerprint density at radius 3 is 2.62 bits per heavy atom. The minimum atomic E-state index is -1.25. The number of hydrogen-bond acceptors (Lipinski definition) is 6. The largest absolute Gasteiger partial charge is 0.506 e. The summed E-state index contributed by atoms with van der Waals surface area (Å²) in [4.78, 5) is 37.4. The van der Waals surface area contributed by atoms with Crippen molar-refractivity contribution in [1.82, 2.24) is 9.88 Å². The Bertz CT molecular complexity index is 930. The Morgan fingerprint density at radius 1 is 1.27 bits per heavy atom. The van der Waals surface area contributed by atoms with Crippen LogP contribution in [-0.4, -0.2) is 59.5 Å². The van der Waals surface area contributed by atoms with Crippen LogP contribution in [0.25, 0.3) is 10.9 Å². The molecular weight excluding hydrogens is 342 g/mol. The van der Waals surface area contributed by atoms with Crippen molar-refractivity contribution in [3.8, 4) is 5.75 Å². The van der Waals surface area contributed by atoms with Crippen LogP contribution in [0.3, 0.4) is 0 Å². The van der Waals surface area contributed by atoms with E-state index in [-0.39, 0.29) is 0 Å². The number of aliphatic carboxylic acids is 1. The maximum atomic E-state index is 12.4. The highest BCUT2D eigenvalue weighted by atomic mass is 16.5. The molecule has 1 aliphatic rings. The van der Waals surface area contributed by atoms with E-state index in [0.29, 0.717) is 37.2 Å². The van der Waals surface area contributed by atoms with Crippen molar-refractivity contribution in [2.75, 3.05) is 37.7 Å². The van der Waals surface area contributed by atoms with Crippen LogP contribution in [0.15, 0.2) is 23.0 Å². The molecule has 0 saturated carbocycles. The first-order valence-electron chi connectivity index (χ1n) is 8.08. The van der Waals surface area contributed by atoms with E-state index in [1.807, 2.05) is 6.07 Å². The van der Waals surface area contributed by atoms with E-state index in [2.05, 4.69) is 10.2 Å². The highest BCUT2D eigenvalue weighted by Gasteiger charge is 2.22. The summed E-state index contributed by atoms with van der Waals surface area (Å²) in [6, 6.07) is 5.26. The number of benzene rings is 1. The van der Waals surface area contributed by atoms with Gasteiger partial charge in [0.1, 0.15) is 17.9 Å². The number of carbonyl (C=O) groups excluding carboxylic acids is 1. The fourth-order valence-electron chi connectivity index (χ4n) is 2.99. The molecule has 0 radical (unpaired) electrons. The third kappa shape index (κ3) is 3.21. The van der Waals surface area contributed by atoms with Gasteiger partial charge in [-0.15, -0.1) is 0 Å². The van der Waals surface area contributed by atoms with Gasteiger partial charge in [-0.25, -0.2) is 0 Å². The Balaban J connectivity index is 2.09. The Morgan fingerprint density at radius 2 is 1.96 bits per heavy atom. The number of rotatable bonds is 4. The number of nitrogens with zero attached hydrogens (tertiary/aromatic N) is 2. The SMILES string of the molecule is Cn1c(=O)c(C(=O)NCC(=O)O)c(O)c2cc(N3CCOCC3)ccc21. The molecule has 1 saturated heterocycles. The summed E-state index contributed by atoms with van der Waals surface area (Å²) in [5, 5.41) is 21.7. The summed E-state index contributed by atoms with van der Waals surface area (Å²) in [6.07, 6.45) is 0. The molecule has 0 aliphatic carbocycles. The summed E-state index contributed by atoms with van der Waals surface area (Å²) < 4.78 is 6.58. The topological polar surface area (TPSA) is 121 Å². The van der Waals surface area contributed by atoms with Gasteiger partial charge in [0.25, 0.3) is 11.5 Å². The van der Waals surface area contributed by atoms with Crippen molar-refractivity contribution in [3.63, 3.8) is 0 Å². The zero-order valence-electron chi connectivity index (χ0n) is 14.2. The molecule has 0 unspecified atom stereocenters. The Kier molecular flexibility index (Phi) is 4.81. The zero-order valence-corrected chi connectivity index (χ0v) is 14.2. The van der Waals surface area contributed by atoms with Gasteiger partial charge in [0, 0.05) is 31.2 Å². The molecule has 26 heavy (non-hydrogen) atoms. The van der Waals surface area contributed by atoms with E-state index in [4.69, 9.17) is 9.84 Å². The van der Waals surface area contributed by atoms with Crippen LogP contribution < -0.4 is 15.8 Å². The lowest BCUT2D eigenvalue weighted by Crippen LogP contribution is -2.36. The van der Waals surface area contributed by atoms with E-state index in [9.17, 15) is 19.5 Å². The molecule has 9 heteroatoms. The lowest BCUT2D eigenvalue weighted by atomic mass is 10.1. The van der Waals surface area contributed by atoms with Gasteiger partial charge in [-0.1, -0.05) is 0 Å². The van der Waals surface area contributed by atoms with Gasteiger partial charge >= 0.3 is 5.97 Å². The van der Waals surface area contributed by atoms with Gasteiger partial charge in [-0.05, 0) is 18.2 Å². The van der Waals surface area contributed by atoms with E-state index in [1.165, 1.54) is 11.6 Å². The molecule has 3 rings (SSSR count). The molecule has 9 nitrogen and oxygen atoms in total. The van der Waals surface area contributed by atoms with Crippen molar-refractivity contribution >= 4 is 28.5 Å². The maximum Gasteiger partial charge on any atom is 0.322 e. The van der Waals surface area contributed by atoms with Crippen LogP contribution in [-0.2, 0) is 16.6 Å². The van der Waals surface area contributed by atoms with E-state index in [0.717, 1.165) is 5.69 Å². The van der Waals surface area contributed by atoms with Crippen LogP contribution in [0.1, 0.15) is 10.4 Å². The predicted molar refractivity (Wildman–Crippen MR) is 93.9 cm³/mol. The number of aromatic nitrogens is 1. The number of hydrogen-bond donors (Lipinski definition) is 3. The average molecular weight is 361 g/mol. The molecule has 0 spiro atoms. The quantitative estimate of drug-likeness (QED) is 0.695. The number of fused-ring (bicyclic) bond motifs is 1. The van der Waals surface area contributed by atoms with Crippen LogP contribution in [0.4, 0.5) is 5.69 Å². The molecule has 1 aromatic carbocycles. The molecule has 3 N–H and O–H groups in total. The highest BCUT2D eigenvalue weighted by molar-refractivity contribution is 6.03. The van der Waals surface area contributed by atoms with E-state index < -0.39 is 35.3 Å². The highest BCUT2D eigenvalue weighted by Crippen LogP contribution is 2.30.